The molecular weight excluding hydrogens is 591 g/mol. The molecule has 0 unspecified atom stereocenters. The van der Waals surface area contributed by atoms with Gasteiger partial charge in [0.2, 0.25) is 5.91 Å². The van der Waals surface area contributed by atoms with Gasteiger partial charge in [-0.05, 0) is 88.7 Å². The lowest BCUT2D eigenvalue weighted by molar-refractivity contribution is -0.135. The first-order valence-electron chi connectivity index (χ1n) is 10.6. The fourth-order valence-electron chi connectivity index (χ4n) is 3.69. The zero-order valence-electron chi connectivity index (χ0n) is 18.4. The molecule has 2 aliphatic heterocycles. The first-order valence-corrected chi connectivity index (χ1v) is 12.9. The molecule has 4 rings (SSSR count). The molecule has 34 heavy (non-hydrogen) atoms. The molecule has 2 fully saturated rings. The summed E-state index contributed by atoms with van der Waals surface area (Å²) < 4.78 is 12.3. The van der Waals surface area contributed by atoms with Crippen molar-refractivity contribution in [2.75, 3.05) is 26.7 Å². The average molecular weight is 613 g/mol. The molecule has 2 aromatic carbocycles. The molecule has 0 aromatic heterocycles. The molecule has 2 aliphatic rings. The maximum atomic E-state index is 12.8. The number of hydrogen-bond donors (Lipinski definition) is 0. The number of benzene rings is 2. The van der Waals surface area contributed by atoms with Gasteiger partial charge in [-0.1, -0.05) is 23.7 Å². The van der Waals surface area contributed by atoms with Crippen LogP contribution in [0, 0.1) is 3.57 Å². The maximum absolute atomic E-state index is 12.8. The highest BCUT2D eigenvalue weighted by Crippen LogP contribution is 2.37. The predicted molar refractivity (Wildman–Crippen MR) is 140 cm³/mol. The van der Waals surface area contributed by atoms with Crippen LogP contribution in [-0.2, 0) is 16.2 Å². The van der Waals surface area contributed by atoms with Crippen molar-refractivity contribution >= 4 is 69.1 Å². The van der Waals surface area contributed by atoms with Crippen LogP contribution in [0.2, 0.25) is 5.02 Å². The monoisotopic (exact) mass is 612 g/mol. The van der Waals surface area contributed by atoms with Gasteiger partial charge in [-0.15, -0.1) is 0 Å². The van der Waals surface area contributed by atoms with Gasteiger partial charge in [0.25, 0.3) is 11.1 Å². The summed E-state index contributed by atoms with van der Waals surface area (Å²) >= 11 is 8.92. The first kappa shape index (κ1) is 24.9. The SMILES string of the molecule is COc1cc(/C=C2/SC(=O)N(CC(=O)N3CCCC3)C2=O)cc(I)c1OCc1ccc(Cl)cc1. The molecule has 178 valence electrons. The second-order valence-electron chi connectivity index (χ2n) is 7.81. The topological polar surface area (TPSA) is 76.2 Å². The highest BCUT2D eigenvalue weighted by Gasteiger charge is 2.37. The molecule has 2 aromatic rings. The van der Waals surface area contributed by atoms with Crippen LogP contribution in [0.25, 0.3) is 6.08 Å². The second-order valence-corrected chi connectivity index (χ2v) is 10.4. The smallest absolute Gasteiger partial charge is 0.294 e. The number of thioether (sulfide) groups is 1. The quantitative estimate of drug-likeness (QED) is 0.317. The minimum atomic E-state index is -0.459. The third-order valence-electron chi connectivity index (χ3n) is 5.47. The summed E-state index contributed by atoms with van der Waals surface area (Å²) in [5, 5.41) is 0.221. The third-order valence-corrected chi connectivity index (χ3v) is 7.43. The molecular formula is C24H22ClIN2O5S. The molecule has 2 heterocycles. The zero-order chi connectivity index (χ0) is 24.2. The summed E-state index contributed by atoms with van der Waals surface area (Å²) in [5.41, 5.74) is 1.65. The Hall–Kier alpha value is -2.24. The average Bonchev–Trinajstić information content (AvgIpc) is 3.44. The van der Waals surface area contributed by atoms with Gasteiger partial charge in [-0.2, -0.15) is 0 Å². The Kier molecular flexibility index (Phi) is 8.05. The summed E-state index contributed by atoms with van der Waals surface area (Å²) in [4.78, 5) is 40.7. The number of ether oxygens (including phenoxy) is 2. The van der Waals surface area contributed by atoms with Crippen molar-refractivity contribution in [3.05, 3.63) is 61.0 Å². The van der Waals surface area contributed by atoms with Crippen molar-refractivity contribution in [2.45, 2.75) is 19.4 Å². The molecule has 0 atom stereocenters. The number of hydrogen-bond acceptors (Lipinski definition) is 6. The summed E-state index contributed by atoms with van der Waals surface area (Å²) in [6.45, 7) is 1.47. The molecule has 0 bridgehead atoms. The van der Waals surface area contributed by atoms with Crippen molar-refractivity contribution in [3.63, 3.8) is 0 Å². The normalized spacial score (nSPS) is 17.1. The van der Waals surface area contributed by atoms with Crippen molar-refractivity contribution in [1.29, 1.82) is 0 Å². The number of amides is 3. The number of halogens is 2. The van der Waals surface area contributed by atoms with E-state index in [4.69, 9.17) is 21.1 Å². The number of carbonyl (C=O) groups is 3. The number of rotatable bonds is 7. The summed E-state index contributed by atoms with van der Waals surface area (Å²) in [6, 6.07) is 11.0. The van der Waals surface area contributed by atoms with Gasteiger partial charge in [0.05, 0.1) is 15.6 Å². The van der Waals surface area contributed by atoms with E-state index in [9.17, 15) is 14.4 Å². The molecule has 0 aliphatic carbocycles. The first-order chi connectivity index (χ1) is 16.4. The Balaban J connectivity index is 1.49. The molecule has 7 nitrogen and oxygen atoms in total. The van der Waals surface area contributed by atoms with E-state index in [-0.39, 0.29) is 17.4 Å². The van der Waals surface area contributed by atoms with E-state index in [0.29, 0.717) is 41.8 Å². The van der Waals surface area contributed by atoms with Gasteiger partial charge in [-0.25, -0.2) is 0 Å². The lowest BCUT2D eigenvalue weighted by atomic mass is 10.1. The van der Waals surface area contributed by atoms with E-state index in [1.165, 1.54) is 0 Å². The van der Waals surface area contributed by atoms with Gasteiger partial charge in [0.1, 0.15) is 13.2 Å². The van der Waals surface area contributed by atoms with Gasteiger partial charge < -0.3 is 14.4 Å². The lowest BCUT2D eigenvalue weighted by Gasteiger charge is -2.18. The van der Waals surface area contributed by atoms with Crippen LogP contribution in [0.5, 0.6) is 11.5 Å². The molecule has 0 radical (unpaired) electrons. The van der Waals surface area contributed by atoms with Crippen LogP contribution in [0.4, 0.5) is 4.79 Å². The highest BCUT2D eigenvalue weighted by atomic mass is 127. The fourth-order valence-corrected chi connectivity index (χ4v) is 5.43. The molecule has 2 saturated heterocycles. The molecule has 0 saturated carbocycles. The number of carbonyl (C=O) groups excluding carboxylic acids is 3. The van der Waals surface area contributed by atoms with E-state index >= 15 is 0 Å². The summed E-state index contributed by atoms with van der Waals surface area (Å²) in [7, 11) is 1.54. The zero-order valence-corrected chi connectivity index (χ0v) is 22.1. The van der Waals surface area contributed by atoms with E-state index in [1.54, 1.807) is 36.3 Å². The van der Waals surface area contributed by atoms with Gasteiger partial charge in [-0.3, -0.25) is 19.3 Å². The number of nitrogens with zero attached hydrogens (tertiary/aromatic N) is 2. The lowest BCUT2D eigenvalue weighted by Crippen LogP contribution is -2.40. The Morgan fingerprint density at radius 3 is 2.56 bits per heavy atom. The Labute approximate surface area is 220 Å². The standard InChI is InChI=1S/C24H22ClIN2O5S/c1-32-19-11-16(10-18(26)22(19)33-14-15-4-6-17(25)7-5-15)12-20-23(30)28(24(31)34-20)13-21(29)27-8-2-3-9-27/h4-7,10-12H,2-3,8-9,13-14H2,1H3/b20-12+. The minimum Gasteiger partial charge on any atom is -0.493 e. The number of imide groups is 1. The van der Waals surface area contributed by atoms with E-state index in [2.05, 4.69) is 22.6 Å². The fraction of sp³-hybridized carbons (Fsp3) is 0.292. The summed E-state index contributed by atoms with van der Waals surface area (Å²) in [6.07, 6.45) is 3.54. The minimum absolute atomic E-state index is 0.195. The third kappa shape index (κ3) is 5.69. The Morgan fingerprint density at radius 1 is 1.18 bits per heavy atom. The van der Waals surface area contributed by atoms with Crippen LogP contribution in [0.15, 0.2) is 41.3 Å². The van der Waals surface area contributed by atoms with E-state index < -0.39 is 11.1 Å². The van der Waals surface area contributed by atoms with Crippen LogP contribution in [-0.4, -0.2) is 53.6 Å². The Morgan fingerprint density at radius 2 is 1.88 bits per heavy atom. The van der Waals surface area contributed by atoms with Crippen molar-refractivity contribution < 1.29 is 23.9 Å². The van der Waals surface area contributed by atoms with Crippen molar-refractivity contribution in [1.82, 2.24) is 9.80 Å². The van der Waals surface area contributed by atoms with Crippen LogP contribution >= 0.6 is 46.0 Å². The maximum Gasteiger partial charge on any atom is 0.294 e. The molecule has 0 spiro atoms. The molecule has 3 amide bonds. The van der Waals surface area contributed by atoms with Crippen molar-refractivity contribution in [3.8, 4) is 11.5 Å². The van der Waals surface area contributed by atoms with Crippen molar-refractivity contribution in [2.24, 2.45) is 0 Å². The van der Waals surface area contributed by atoms with Gasteiger partial charge in [0.15, 0.2) is 11.5 Å². The van der Waals surface area contributed by atoms with Crippen LogP contribution in [0.1, 0.15) is 24.0 Å². The predicted octanol–water partition coefficient (Wildman–Crippen LogP) is 5.19. The van der Waals surface area contributed by atoms with E-state index in [0.717, 1.165) is 38.6 Å². The van der Waals surface area contributed by atoms with Crippen LogP contribution in [0.3, 0.4) is 0 Å². The second kappa shape index (κ2) is 11.0. The summed E-state index contributed by atoms with van der Waals surface area (Å²) in [5.74, 6) is 0.439. The van der Waals surface area contributed by atoms with E-state index in [1.807, 2.05) is 18.2 Å². The van der Waals surface area contributed by atoms with Crippen LogP contribution < -0.4 is 9.47 Å². The molecule has 0 N–H and O–H groups in total. The van der Waals surface area contributed by atoms with Gasteiger partial charge in [0, 0.05) is 18.1 Å². The largest absolute Gasteiger partial charge is 0.493 e. The number of methoxy groups -OCH3 is 1. The Bertz CT molecular complexity index is 1150. The van der Waals surface area contributed by atoms with Gasteiger partial charge >= 0.3 is 0 Å². The molecule has 10 heteroatoms. The number of likely N-dealkylation sites (tertiary alicyclic amines) is 1. The highest BCUT2D eigenvalue weighted by molar-refractivity contribution is 14.1.